The van der Waals surface area contributed by atoms with E-state index >= 15 is 0 Å². The zero-order valence-electron chi connectivity index (χ0n) is 15.8. The zero-order valence-corrected chi connectivity index (χ0v) is 17.3. The molecule has 2 N–H and O–H groups in total. The monoisotopic (exact) mass is 429 g/mol. The molecule has 1 aromatic carbocycles. The number of hydrogen-bond acceptors (Lipinski definition) is 6. The Kier molecular flexibility index (Phi) is 3.95. The molecule has 1 saturated heterocycles. The van der Waals surface area contributed by atoms with Crippen molar-refractivity contribution in [1.82, 2.24) is 25.1 Å². The number of nitrogens with one attached hydrogen (secondary N) is 2. The second-order valence-electron chi connectivity index (χ2n) is 8.38. The molecule has 29 heavy (non-hydrogen) atoms. The lowest BCUT2D eigenvalue weighted by Crippen LogP contribution is -2.59. The van der Waals surface area contributed by atoms with Crippen LogP contribution in [-0.2, 0) is 5.54 Å². The molecular formula is C20H21Cl2N7. The Morgan fingerprint density at radius 1 is 1.10 bits per heavy atom. The van der Waals surface area contributed by atoms with Crippen molar-refractivity contribution in [2.24, 2.45) is 5.92 Å². The molecule has 3 saturated carbocycles. The van der Waals surface area contributed by atoms with Gasteiger partial charge in [0, 0.05) is 37.8 Å². The van der Waals surface area contributed by atoms with Crippen molar-refractivity contribution < 1.29 is 0 Å². The van der Waals surface area contributed by atoms with Crippen LogP contribution in [0.25, 0.3) is 10.9 Å². The number of benzene rings is 1. The number of nitrogens with zero attached hydrogens (tertiary/aromatic N) is 5. The Labute approximate surface area is 178 Å². The van der Waals surface area contributed by atoms with Crippen LogP contribution in [-0.4, -0.2) is 45.9 Å². The minimum absolute atomic E-state index is 0.154. The standard InChI is InChI=1S/C20H21Cl2N7/c21-14-5-13-10-24-19(26-15(13)6-17(14)28-3-1-23-2-4-28)27-16-11-25-29(18(16)22)20-7-12(8-20)9-20/h5-6,10-12,23H,1-4,7-9H2,(H,24,26,27). The van der Waals surface area contributed by atoms with Crippen LogP contribution < -0.4 is 15.5 Å². The molecule has 0 unspecified atom stereocenters. The molecule has 9 heteroatoms. The Balaban J connectivity index is 1.30. The summed E-state index contributed by atoms with van der Waals surface area (Å²) in [6.45, 7) is 3.77. The van der Waals surface area contributed by atoms with E-state index in [1.807, 2.05) is 16.8 Å². The molecule has 4 fully saturated rings. The molecule has 3 aliphatic carbocycles. The summed E-state index contributed by atoms with van der Waals surface area (Å²) in [6.07, 6.45) is 7.13. The number of hydrogen-bond donors (Lipinski definition) is 2. The molecule has 150 valence electrons. The van der Waals surface area contributed by atoms with Gasteiger partial charge in [-0.1, -0.05) is 23.2 Å². The van der Waals surface area contributed by atoms with Crippen LogP contribution in [0, 0.1) is 5.92 Å². The van der Waals surface area contributed by atoms with Crippen molar-refractivity contribution in [3.8, 4) is 0 Å². The van der Waals surface area contributed by atoms with Crippen molar-refractivity contribution in [2.75, 3.05) is 36.4 Å². The molecular weight excluding hydrogens is 409 g/mol. The first kappa shape index (κ1) is 17.7. The van der Waals surface area contributed by atoms with Gasteiger partial charge in [-0.25, -0.2) is 14.6 Å². The average Bonchev–Trinajstić information content (AvgIpc) is 3.00. The molecule has 7 rings (SSSR count). The Morgan fingerprint density at radius 3 is 2.62 bits per heavy atom. The second kappa shape index (κ2) is 6.45. The van der Waals surface area contributed by atoms with Crippen molar-refractivity contribution in [2.45, 2.75) is 24.8 Å². The first-order valence-electron chi connectivity index (χ1n) is 10.0. The highest BCUT2D eigenvalue weighted by Gasteiger charge is 2.59. The minimum Gasteiger partial charge on any atom is -0.368 e. The fourth-order valence-corrected chi connectivity index (χ4v) is 5.42. The third-order valence-corrected chi connectivity index (χ3v) is 7.18. The van der Waals surface area contributed by atoms with E-state index in [0.717, 1.165) is 59.4 Å². The molecule has 4 aliphatic rings. The van der Waals surface area contributed by atoms with Crippen molar-refractivity contribution in [3.63, 3.8) is 0 Å². The van der Waals surface area contributed by atoms with Crippen molar-refractivity contribution in [3.05, 3.63) is 34.7 Å². The maximum Gasteiger partial charge on any atom is 0.227 e. The van der Waals surface area contributed by atoms with Gasteiger partial charge < -0.3 is 15.5 Å². The lowest BCUT2D eigenvalue weighted by atomic mass is 9.50. The van der Waals surface area contributed by atoms with E-state index in [1.165, 1.54) is 19.3 Å². The summed E-state index contributed by atoms with van der Waals surface area (Å²) in [7, 11) is 0. The van der Waals surface area contributed by atoms with E-state index < -0.39 is 0 Å². The average molecular weight is 430 g/mol. The number of aromatic nitrogens is 4. The van der Waals surface area contributed by atoms with Gasteiger partial charge in [-0.15, -0.1) is 0 Å². The van der Waals surface area contributed by atoms with Gasteiger partial charge in [-0.3, -0.25) is 0 Å². The number of halogens is 2. The quantitative estimate of drug-likeness (QED) is 0.657. The number of fused-ring (bicyclic) bond motifs is 1. The van der Waals surface area contributed by atoms with Gasteiger partial charge in [0.05, 0.1) is 33.6 Å². The van der Waals surface area contributed by atoms with Gasteiger partial charge in [-0.05, 0) is 37.3 Å². The summed E-state index contributed by atoms with van der Waals surface area (Å²) in [5.74, 6) is 1.37. The third kappa shape index (κ3) is 2.79. The van der Waals surface area contributed by atoms with Crippen LogP contribution >= 0.6 is 23.2 Å². The molecule has 0 atom stereocenters. The van der Waals surface area contributed by atoms with Gasteiger partial charge in [0.1, 0.15) is 0 Å². The smallest absolute Gasteiger partial charge is 0.227 e. The fourth-order valence-electron chi connectivity index (χ4n) is 4.81. The maximum atomic E-state index is 6.61. The maximum absolute atomic E-state index is 6.61. The fraction of sp³-hybridized carbons (Fsp3) is 0.450. The van der Waals surface area contributed by atoms with Crippen LogP contribution in [0.15, 0.2) is 24.5 Å². The van der Waals surface area contributed by atoms with E-state index in [1.54, 1.807) is 12.4 Å². The highest BCUT2D eigenvalue weighted by molar-refractivity contribution is 6.34. The number of piperazine rings is 1. The molecule has 0 amide bonds. The van der Waals surface area contributed by atoms with Crippen molar-refractivity contribution >= 4 is 51.4 Å². The van der Waals surface area contributed by atoms with Gasteiger partial charge in [0.25, 0.3) is 0 Å². The van der Waals surface area contributed by atoms with Gasteiger partial charge in [0.2, 0.25) is 5.95 Å². The normalized spacial score (nSPS) is 25.6. The first-order valence-corrected chi connectivity index (χ1v) is 10.8. The Bertz CT molecular complexity index is 1090. The SMILES string of the molecule is Clc1cc2cnc(Nc3cnn(C45CC(C4)C5)c3Cl)nc2cc1N1CCNCC1. The lowest BCUT2D eigenvalue weighted by Gasteiger charge is -2.61. The van der Waals surface area contributed by atoms with Crippen LogP contribution in [0.1, 0.15) is 19.3 Å². The first-order chi connectivity index (χ1) is 14.1. The molecule has 3 aromatic rings. The third-order valence-electron chi connectivity index (χ3n) is 6.52. The van der Waals surface area contributed by atoms with Crippen LogP contribution in [0.4, 0.5) is 17.3 Å². The number of rotatable bonds is 4. The molecule has 2 bridgehead atoms. The Hall–Kier alpha value is -2.09. The molecule has 0 spiro atoms. The minimum atomic E-state index is 0.154. The topological polar surface area (TPSA) is 70.9 Å². The molecule has 7 nitrogen and oxygen atoms in total. The molecule has 3 heterocycles. The Morgan fingerprint density at radius 2 is 1.90 bits per heavy atom. The highest BCUT2D eigenvalue weighted by atomic mass is 35.5. The van der Waals surface area contributed by atoms with Crippen LogP contribution in [0.3, 0.4) is 0 Å². The number of anilines is 3. The summed E-state index contributed by atoms with van der Waals surface area (Å²) in [5.41, 5.74) is 2.76. The zero-order chi connectivity index (χ0) is 19.6. The van der Waals surface area contributed by atoms with E-state index in [0.29, 0.717) is 11.1 Å². The second-order valence-corrected chi connectivity index (χ2v) is 9.15. The van der Waals surface area contributed by atoms with E-state index in [9.17, 15) is 0 Å². The summed E-state index contributed by atoms with van der Waals surface area (Å²) < 4.78 is 1.97. The molecule has 0 radical (unpaired) electrons. The van der Waals surface area contributed by atoms with Crippen LogP contribution in [0.5, 0.6) is 0 Å². The van der Waals surface area contributed by atoms with Gasteiger partial charge >= 0.3 is 0 Å². The molecule has 2 aromatic heterocycles. The lowest BCUT2D eigenvalue weighted by molar-refractivity contribution is -0.0975. The summed E-state index contributed by atoms with van der Waals surface area (Å²) in [5, 5.41) is 13.4. The van der Waals surface area contributed by atoms with Gasteiger partial charge in [0.15, 0.2) is 5.15 Å². The van der Waals surface area contributed by atoms with Gasteiger partial charge in [-0.2, -0.15) is 5.10 Å². The predicted octanol–water partition coefficient (Wildman–Crippen LogP) is 3.80. The van der Waals surface area contributed by atoms with E-state index in [4.69, 9.17) is 28.2 Å². The largest absolute Gasteiger partial charge is 0.368 e. The molecule has 1 aliphatic heterocycles. The predicted molar refractivity (Wildman–Crippen MR) is 115 cm³/mol. The van der Waals surface area contributed by atoms with Crippen molar-refractivity contribution in [1.29, 1.82) is 0 Å². The highest BCUT2D eigenvalue weighted by Crippen LogP contribution is 2.63. The summed E-state index contributed by atoms with van der Waals surface area (Å²) in [4.78, 5) is 11.4. The summed E-state index contributed by atoms with van der Waals surface area (Å²) >= 11 is 13.1. The van der Waals surface area contributed by atoms with E-state index in [2.05, 4.69) is 25.6 Å². The van der Waals surface area contributed by atoms with E-state index in [-0.39, 0.29) is 5.54 Å². The summed E-state index contributed by atoms with van der Waals surface area (Å²) in [6, 6.07) is 3.98. The van der Waals surface area contributed by atoms with Crippen LogP contribution in [0.2, 0.25) is 10.2 Å².